The van der Waals surface area contributed by atoms with Crippen LogP contribution in [0, 0.1) is 0 Å². The summed E-state index contributed by atoms with van der Waals surface area (Å²) in [5, 5.41) is 0.571. The van der Waals surface area contributed by atoms with Gasteiger partial charge in [-0.2, -0.15) is 0 Å². The molecular formula is C16H15N3OS. The Bertz CT molecular complexity index is 843. The van der Waals surface area contributed by atoms with Gasteiger partial charge < -0.3 is 4.57 Å². The van der Waals surface area contributed by atoms with Gasteiger partial charge in [-0.05, 0) is 17.9 Å². The van der Waals surface area contributed by atoms with Gasteiger partial charge in [0, 0.05) is 18.4 Å². The summed E-state index contributed by atoms with van der Waals surface area (Å²) >= 11 is 1.61. The van der Waals surface area contributed by atoms with Gasteiger partial charge in [-0.3, -0.25) is 4.79 Å². The third-order valence-electron chi connectivity index (χ3n) is 3.38. The summed E-state index contributed by atoms with van der Waals surface area (Å²) in [7, 11) is 1.70. The largest absolute Gasteiger partial charge is 0.302 e. The van der Waals surface area contributed by atoms with Crippen molar-refractivity contribution < 1.29 is 0 Å². The summed E-state index contributed by atoms with van der Waals surface area (Å²) in [5.41, 5.74) is 2.61. The van der Waals surface area contributed by atoms with E-state index in [0.29, 0.717) is 11.0 Å². The zero-order valence-corrected chi connectivity index (χ0v) is 12.7. The van der Waals surface area contributed by atoms with E-state index in [9.17, 15) is 4.79 Å². The Hall–Kier alpha value is -2.14. The van der Waals surface area contributed by atoms with Crippen LogP contribution >= 0.6 is 11.8 Å². The fourth-order valence-corrected chi connectivity index (χ4v) is 2.84. The van der Waals surface area contributed by atoms with Crippen LogP contribution in [0.1, 0.15) is 11.3 Å². The summed E-state index contributed by atoms with van der Waals surface area (Å²) in [4.78, 5) is 22.0. The molecule has 0 aliphatic heterocycles. The maximum atomic E-state index is 12.1. The summed E-state index contributed by atoms with van der Waals surface area (Å²) in [6.45, 7) is 0. The van der Waals surface area contributed by atoms with Gasteiger partial charge >= 0.3 is 0 Å². The van der Waals surface area contributed by atoms with E-state index in [1.165, 1.54) is 16.5 Å². The highest BCUT2D eigenvalue weighted by molar-refractivity contribution is 7.98. The second-order valence-corrected chi connectivity index (χ2v) is 5.68. The lowest BCUT2D eigenvalue weighted by molar-refractivity contribution is 0.836. The number of nitrogens with zero attached hydrogens (tertiary/aromatic N) is 3. The van der Waals surface area contributed by atoms with Crippen molar-refractivity contribution in [3.05, 3.63) is 64.3 Å². The molecule has 0 spiro atoms. The summed E-state index contributed by atoms with van der Waals surface area (Å²) in [5.74, 6) is 0. The molecule has 4 nitrogen and oxygen atoms in total. The Morgan fingerprint density at radius 2 is 2.00 bits per heavy atom. The molecule has 0 atom stereocenters. The number of fused-ring (bicyclic) bond motifs is 1. The SMILES string of the molecule is CSc1cc2c(=O)n(C)cnc2nc1Cc1ccccc1. The Balaban J connectivity index is 2.14. The molecule has 0 aliphatic carbocycles. The molecule has 0 N–H and O–H groups in total. The zero-order chi connectivity index (χ0) is 14.8. The predicted octanol–water partition coefficient (Wildman–Crippen LogP) is 2.64. The van der Waals surface area contributed by atoms with Crippen molar-refractivity contribution in [2.24, 2.45) is 7.05 Å². The van der Waals surface area contributed by atoms with Crippen LogP contribution < -0.4 is 5.56 Å². The van der Waals surface area contributed by atoms with Crippen molar-refractivity contribution >= 4 is 22.8 Å². The predicted molar refractivity (Wildman–Crippen MR) is 85.8 cm³/mol. The molecule has 0 bridgehead atoms. The normalized spacial score (nSPS) is 11.0. The molecule has 0 saturated carbocycles. The molecule has 0 fully saturated rings. The fraction of sp³-hybridized carbons (Fsp3) is 0.188. The quantitative estimate of drug-likeness (QED) is 0.697. The van der Waals surface area contributed by atoms with Gasteiger partial charge in [0.05, 0.1) is 17.4 Å². The van der Waals surface area contributed by atoms with Crippen LogP contribution in [0.4, 0.5) is 0 Å². The molecule has 21 heavy (non-hydrogen) atoms. The highest BCUT2D eigenvalue weighted by Crippen LogP contribution is 2.23. The summed E-state index contributed by atoms with van der Waals surface area (Å²) < 4.78 is 1.48. The molecule has 3 aromatic rings. The third kappa shape index (κ3) is 2.69. The number of rotatable bonds is 3. The summed E-state index contributed by atoms with van der Waals surface area (Å²) in [6.07, 6.45) is 4.25. The number of pyridine rings is 1. The number of thioether (sulfide) groups is 1. The van der Waals surface area contributed by atoms with Crippen molar-refractivity contribution in [2.45, 2.75) is 11.3 Å². The van der Waals surface area contributed by atoms with Crippen LogP contribution in [0.2, 0.25) is 0 Å². The lowest BCUT2D eigenvalue weighted by Gasteiger charge is -2.09. The van der Waals surface area contributed by atoms with E-state index in [1.54, 1.807) is 18.8 Å². The molecule has 0 aliphatic rings. The number of aryl methyl sites for hydroxylation is 1. The smallest absolute Gasteiger partial charge is 0.262 e. The first-order valence-electron chi connectivity index (χ1n) is 6.62. The Labute approximate surface area is 126 Å². The molecule has 0 amide bonds. The maximum Gasteiger partial charge on any atom is 0.262 e. The highest BCUT2D eigenvalue weighted by Gasteiger charge is 2.11. The van der Waals surface area contributed by atoms with Crippen LogP contribution in [-0.2, 0) is 13.5 Å². The number of hydrogen-bond acceptors (Lipinski definition) is 4. The van der Waals surface area contributed by atoms with Crippen LogP contribution in [0.3, 0.4) is 0 Å². The van der Waals surface area contributed by atoms with Gasteiger partial charge in [-0.1, -0.05) is 30.3 Å². The van der Waals surface area contributed by atoms with Crippen LogP contribution in [0.5, 0.6) is 0 Å². The Kier molecular flexibility index (Phi) is 3.75. The van der Waals surface area contributed by atoms with Crippen LogP contribution in [0.25, 0.3) is 11.0 Å². The molecular weight excluding hydrogens is 282 g/mol. The van der Waals surface area contributed by atoms with Gasteiger partial charge in [0.1, 0.15) is 0 Å². The summed E-state index contributed by atoms with van der Waals surface area (Å²) in [6, 6.07) is 12.1. The van der Waals surface area contributed by atoms with E-state index in [1.807, 2.05) is 30.5 Å². The van der Waals surface area contributed by atoms with Gasteiger partial charge in [-0.25, -0.2) is 9.97 Å². The molecule has 106 valence electrons. The number of hydrogen-bond donors (Lipinski definition) is 0. The van der Waals surface area contributed by atoms with Crippen molar-refractivity contribution in [3.8, 4) is 0 Å². The Morgan fingerprint density at radius 3 is 2.71 bits per heavy atom. The molecule has 2 aromatic heterocycles. The Morgan fingerprint density at radius 1 is 1.24 bits per heavy atom. The van der Waals surface area contributed by atoms with E-state index in [4.69, 9.17) is 0 Å². The first kappa shape index (κ1) is 13.8. The molecule has 0 saturated heterocycles. The number of benzene rings is 1. The van der Waals surface area contributed by atoms with Gasteiger partial charge in [-0.15, -0.1) is 11.8 Å². The monoisotopic (exact) mass is 297 g/mol. The highest BCUT2D eigenvalue weighted by atomic mass is 32.2. The second-order valence-electron chi connectivity index (χ2n) is 4.83. The van der Waals surface area contributed by atoms with Gasteiger partial charge in [0.2, 0.25) is 0 Å². The average Bonchev–Trinajstić information content (AvgIpc) is 2.52. The van der Waals surface area contributed by atoms with E-state index in [0.717, 1.165) is 17.0 Å². The van der Waals surface area contributed by atoms with Crippen molar-refractivity contribution in [3.63, 3.8) is 0 Å². The van der Waals surface area contributed by atoms with Crippen LogP contribution in [-0.4, -0.2) is 20.8 Å². The first-order chi connectivity index (χ1) is 10.2. The second kappa shape index (κ2) is 5.69. The number of aromatic nitrogens is 3. The zero-order valence-electron chi connectivity index (χ0n) is 11.9. The van der Waals surface area contributed by atoms with E-state index in [2.05, 4.69) is 22.1 Å². The molecule has 0 radical (unpaired) electrons. The standard InChI is InChI=1S/C16H15N3OS/c1-19-10-17-15-12(16(19)20)9-14(21-2)13(18-15)8-11-6-4-3-5-7-11/h3-7,9-10H,8H2,1-2H3. The van der Waals surface area contributed by atoms with Gasteiger partial charge in [0.25, 0.3) is 5.56 Å². The third-order valence-corrected chi connectivity index (χ3v) is 4.17. The lowest BCUT2D eigenvalue weighted by Crippen LogP contribution is -2.18. The topological polar surface area (TPSA) is 47.8 Å². The van der Waals surface area contributed by atoms with Crippen molar-refractivity contribution in [1.82, 2.24) is 14.5 Å². The molecule has 0 unspecified atom stereocenters. The maximum absolute atomic E-state index is 12.1. The molecule has 1 aromatic carbocycles. The minimum absolute atomic E-state index is 0.0611. The van der Waals surface area contributed by atoms with E-state index >= 15 is 0 Å². The lowest BCUT2D eigenvalue weighted by atomic mass is 10.1. The van der Waals surface area contributed by atoms with E-state index in [-0.39, 0.29) is 5.56 Å². The van der Waals surface area contributed by atoms with E-state index < -0.39 is 0 Å². The van der Waals surface area contributed by atoms with Crippen molar-refractivity contribution in [1.29, 1.82) is 0 Å². The molecule has 5 heteroatoms. The van der Waals surface area contributed by atoms with Crippen molar-refractivity contribution in [2.75, 3.05) is 6.26 Å². The minimum atomic E-state index is -0.0611. The first-order valence-corrected chi connectivity index (χ1v) is 7.84. The minimum Gasteiger partial charge on any atom is -0.302 e. The van der Waals surface area contributed by atoms with Gasteiger partial charge in [0.15, 0.2) is 5.65 Å². The fourth-order valence-electron chi connectivity index (χ4n) is 2.25. The average molecular weight is 297 g/mol. The molecule has 2 heterocycles. The molecule has 3 rings (SSSR count). The van der Waals surface area contributed by atoms with Crippen LogP contribution in [0.15, 0.2) is 52.4 Å².